The molecule has 1 atom stereocenters. The summed E-state index contributed by atoms with van der Waals surface area (Å²) in [5, 5.41) is 2.74. The van der Waals surface area contributed by atoms with E-state index in [1.54, 1.807) is 18.2 Å². The van der Waals surface area contributed by atoms with E-state index >= 15 is 0 Å². The zero-order chi connectivity index (χ0) is 12.4. The number of nitrogens with one attached hydrogen (secondary N) is 1. The number of anilines is 1. The SMILES string of the molecule is CCCC1Oc2cc(C(N)=O)ccc2NC1=O. The van der Waals surface area contributed by atoms with Crippen molar-refractivity contribution < 1.29 is 14.3 Å². The van der Waals surface area contributed by atoms with Crippen LogP contribution in [0.5, 0.6) is 5.75 Å². The Bertz CT molecular complexity index is 471. The first-order valence-electron chi connectivity index (χ1n) is 5.53. The minimum atomic E-state index is -0.514. The second-order valence-electron chi connectivity index (χ2n) is 3.96. The molecule has 3 N–H and O–H groups in total. The van der Waals surface area contributed by atoms with E-state index in [1.807, 2.05) is 6.92 Å². The smallest absolute Gasteiger partial charge is 0.265 e. The maximum atomic E-state index is 11.6. The molecule has 0 bridgehead atoms. The lowest BCUT2D eigenvalue weighted by Gasteiger charge is -2.25. The van der Waals surface area contributed by atoms with Crippen LogP contribution in [0, 0.1) is 0 Å². The lowest BCUT2D eigenvalue weighted by atomic mass is 10.1. The first-order valence-corrected chi connectivity index (χ1v) is 5.53. The molecule has 1 aliphatic heterocycles. The summed E-state index contributed by atoms with van der Waals surface area (Å²) < 4.78 is 5.56. The van der Waals surface area contributed by atoms with Gasteiger partial charge in [0.2, 0.25) is 5.91 Å². The van der Waals surface area contributed by atoms with Gasteiger partial charge in [-0.3, -0.25) is 9.59 Å². The summed E-state index contributed by atoms with van der Waals surface area (Å²) >= 11 is 0. The average molecular weight is 234 g/mol. The molecule has 1 heterocycles. The standard InChI is InChI=1S/C12H14N2O3/c1-2-3-9-12(16)14-8-5-4-7(11(13)15)6-10(8)17-9/h4-6,9H,2-3H2,1H3,(H2,13,15)(H,14,16). The normalized spacial score (nSPS) is 17.9. The topological polar surface area (TPSA) is 81.4 Å². The number of carbonyl (C=O) groups excluding carboxylic acids is 2. The molecule has 17 heavy (non-hydrogen) atoms. The van der Waals surface area contributed by atoms with Crippen LogP contribution in [-0.2, 0) is 4.79 Å². The molecular weight excluding hydrogens is 220 g/mol. The predicted molar refractivity (Wildman–Crippen MR) is 62.9 cm³/mol. The fraction of sp³-hybridized carbons (Fsp3) is 0.333. The van der Waals surface area contributed by atoms with Crippen LogP contribution in [0.1, 0.15) is 30.1 Å². The van der Waals surface area contributed by atoms with Gasteiger partial charge in [0.1, 0.15) is 5.75 Å². The molecule has 0 aromatic heterocycles. The Labute approximate surface area is 98.9 Å². The van der Waals surface area contributed by atoms with E-state index in [4.69, 9.17) is 10.5 Å². The summed E-state index contributed by atoms with van der Waals surface area (Å²) in [6, 6.07) is 4.74. The van der Waals surface area contributed by atoms with Gasteiger partial charge < -0.3 is 15.8 Å². The van der Waals surface area contributed by atoms with Gasteiger partial charge >= 0.3 is 0 Å². The van der Waals surface area contributed by atoms with Gasteiger partial charge in [-0.1, -0.05) is 13.3 Å². The first-order chi connectivity index (χ1) is 8.11. The number of hydrogen-bond donors (Lipinski definition) is 2. The molecule has 5 nitrogen and oxygen atoms in total. The van der Waals surface area contributed by atoms with Gasteiger partial charge in [0.15, 0.2) is 6.10 Å². The van der Waals surface area contributed by atoms with Gasteiger partial charge in [0, 0.05) is 5.56 Å². The molecule has 1 aliphatic rings. The van der Waals surface area contributed by atoms with Crippen LogP contribution in [0.15, 0.2) is 18.2 Å². The summed E-state index contributed by atoms with van der Waals surface area (Å²) in [5.74, 6) is -0.161. The molecule has 0 aliphatic carbocycles. The van der Waals surface area contributed by atoms with Crippen molar-refractivity contribution in [3.05, 3.63) is 23.8 Å². The van der Waals surface area contributed by atoms with Crippen molar-refractivity contribution in [2.45, 2.75) is 25.9 Å². The molecule has 1 aromatic carbocycles. The Balaban J connectivity index is 2.30. The summed E-state index contributed by atoms with van der Waals surface area (Å²) in [7, 11) is 0. The Kier molecular flexibility index (Phi) is 2.99. The second kappa shape index (κ2) is 4.45. The predicted octanol–water partition coefficient (Wildman–Crippen LogP) is 1.29. The highest BCUT2D eigenvalue weighted by molar-refractivity contribution is 5.99. The van der Waals surface area contributed by atoms with Crippen LogP contribution in [0.4, 0.5) is 5.69 Å². The van der Waals surface area contributed by atoms with Crippen molar-refractivity contribution in [1.29, 1.82) is 0 Å². The van der Waals surface area contributed by atoms with Crippen molar-refractivity contribution in [2.75, 3.05) is 5.32 Å². The maximum Gasteiger partial charge on any atom is 0.265 e. The molecule has 1 unspecified atom stereocenters. The zero-order valence-corrected chi connectivity index (χ0v) is 9.53. The highest BCUT2D eigenvalue weighted by Gasteiger charge is 2.27. The highest BCUT2D eigenvalue weighted by atomic mass is 16.5. The fourth-order valence-corrected chi connectivity index (χ4v) is 1.75. The first kappa shape index (κ1) is 11.4. The van der Waals surface area contributed by atoms with E-state index in [0.29, 0.717) is 23.4 Å². The van der Waals surface area contributed by atoms with E-state index in [1.165, 1.54) is 0 Å². The number of ether oxygens (including phenoxy) is 1. The minimum Gasteiger partial charge on any atom is -0.478 e. The van der Waals surface area contributed by atoms with Gasteiger partial charge in [-0.2, -0.15) is 0 Å². The van der Waals surface area contributed by atoms with Gasteiger partial charge in [-0.15, -0.1) is 0 Å². The van der Waals surface area contributed by atoms with Crippen molar-refractivity contribution in [3.8, 4) is 5.75 Å². The third kappa shape index (κ3) is 2.22. The molecule has 90 valence electrons. The van der Waals surface area contributed by atoms with Crippen LogP contribution in [0.3, 0.4) is 0 Å². The summed E-state index contributed by atoms with van der Waals surface area (Å²) in [6.07, 6.45) is 1.00. The Morgan fingerprint density at radius 3 is 2.94 bits per heavy atom. The number of amides is 2. The second-order valence-corrected chi connectivity index (χ2v) is 3.96. The van der Waals surface area contributed by atoms with E-state index in [9.17, 15) is 9.59 Å². The molecule has 2 amide bonds. The van der Waals surface area contributed by atoms with Crippen LogP contribution in [-0.4, -0.2) is 17.9 Å². The van der Waals surface area contributed by atoms with Gasteiger partial charge in [0.05, 0.1) is 5.69 Å². The van der Waals surface area contributed by atoms with Crippen molar-refractivity contribution >= 4 is 17.5 Å². The summed E-state index contributed by atoms with van der Waals surface area (Å²) in [5.41, 5.74) is 6.13. The van der Waals surface area contributed by atoms with Crippen LogP contribution >= 0.6 is 0 Å². The third-order valence-electron chi connectivity index (χ3n) is 2.64. The molecule has 1 aromatic rings. The van der Waals surface area contributed by atoms with Crippen molar-refractivity contribution in [2.24, 2.45) is 5.73 Å². The Hall–Kier alpha value is -2.04. The van der Waals surface area contributed by atoms with Crippen LogP contribution < -0.4 is 15.8 Å². The molecule has 0 fully saturated rings. The van der Waals surface area contributed by atoms with Crippen molar-refractivity contribution in [1.82, 2.24) is 0 Å². The minimum absolute atomic E-state index is 0.147. The molecule has 0 radical (unpaired) electrons. The zero-order valence-electron chi connectivity index (χ0n) is 9.53. The number of hydrogen-bond acceptors (Lipinski definition) is 3. The number of fused-ring (bicyclic) bond motifs is 1. The molecule has 0 saturated heterocycles. The molecular formula is C12H14N2O3. The fourth-order valence-electron chi connectivity index (χ4n) is 1.75. The lowest BCUT2D eigenvalue weighted by molar-refractivity contribution is -0.123. The Morgan fingerprint density at radius 1 is 1.53 bits per heavy atom. The number of benzene rings is 1. The summed E-state index contributed by atoms with van der Waals surface area (Å²) in [4.78, 5) is 22.7. The molecule has 0 spiro atoms. The largest absolute Gasteiger partial charge is 0.478 e. The number of nitrogens with two attached hydrogens (primary N) is 1. The van der Waals surface area contributed by atoms with E-state index in [-0.39, 0.29) is 5.91 Å². The number of rotatable bonds is 3. The maximum absolute atomic E-state index is 11.6. The monoisotopic (exact) mass is 234 g/mol. The van der Waals surface area contributed by atoms with Crippen LogP contribution in [0.2, 0.25) is 0 Å². The number of carbonyl (C=O) groups is 2. The third-order valence-corrected chi connectivity index (χ3v) is 2.64. The van der Waals surface area contributed by atoms with E-state index in [0.717, 1.165) is 6.42 Å². The quantitative estimate of drug-likeness (QED) is 0.826. The average Bonchev–Trinajstić information content (AvgIpc) is 2.29. The lowest BCUT2D eigenvalue weighted by Crippen LogP contribution is -2.36. The highest BCUT2D eigenvalue weighted by Crippen LogP contribution is 2.31. The van der Waals surface area contributed by atoms with Crippen molar-refractivity contribution in [3.63, 3.8) is 0 Å². The Morgan fingerprint density at radius 2 is 2.29 bits per heavy atom. The number of primary amides is 1. The van der Waals surface area contributed by atoms with Gasteiger partial charge in [0.25, 0.3) is 5.91 Å². The van der Waals surface area contributed by atoms with E-state index < -0.39 is 12.0 Å². The molecule has 5 heteroatoms. The van der Waals surface area contributed by atoms with Gasteiger partial charge in [-0.25, -0.2) is 0 Å². The molecule has 2 rings (SSSR count). The molecule has 0 saturated carbocycles. The summed E-state index contributed by atoms with van der Waals surface area (Å²) in [6.45, 7) is 1.98. The van der Waals surface area contributed by atoms with E-state index in [2.05, 4.69) is 5.32 Å². The van der Waals surface area contributed by atoms with Crippen LogP contribution in [0.25, 0.3) is 0 Å². The van der Waals surface area contributed by atoms with Gasteiger partial charge in [-0.05, 0) is 24.6 Å².